The normalized spacial score (nSPS) is 19.1. The maximum atomic E-state index is 10.4. The Balaban J connectivity index is 0.00000162. The van der Waals surface area contributed by atoms with Crippen molar-refractivity contribution in [2.45, 2.75) is 38.6 Å². The van der Waals surface area contributed by atoms with Crippen LogP contribution in [0.3, 0.4) is 0 Å². The molecule has 18 heavy (non-hydrogen) atoms. The molecule has 1 aromatic heterocycles. The highest BCUT2D eigenvalue weighted by atomic mass is 35.5. The molecule has 0 aromatic carbocycles. The van der Waals surface area contributed by atoms with Gasteiger partial charge < -0.3 is 5.11 Å². The number of aliphatic carboxylic acids is 1. The van der Waals surface area contributed by atoms with Crippen LogP contribution in [-0.2, 0) is 11.2 Å². The van der Waals surface area contributed by atoms with Crippen molar-refractivity contribution in [1.82, 2.24) is 4.90 Å². The van der Waals surface area contributed by atoms with Crippen molar-refractivity contribution in [1.29, 1.82) is 0 Å². The molecule has 0 radical (unpaired) electrons. The third-order valence-electron chi connectivity index (χ3n) is 3.49. The number of hydrogen-bond donors (Lipinski definition) is 1. The van der Waals surface area contributed by atoms with Gasteiger partial charge in [0, 0.05) is 23.9 Å². The molecule has 102 valence electrons. The highest BCUT2D eigenvalue weighted by Gasteiger charge is 2.23. The van der Waals surface area contributed by atoms with Crippen LogP contribution >= 0.6 is 23.7 Å². The van der Waals surface area contributed by atoms with Crippen LogP contribution in [0.1, 0.15) is 42.7 Å². The SMILES string of the molecule is CC1c2ccsc2CCN1CCCCC(=O)O.Cl. The number of halogens is 1. The van der Waals surface area contributed by atoms with Crippen LogP contribution in [0, 0.1) is 0 Å². The third kappa shape index (κ3) is 3.70. The van der Waals surface area contributed by atoms with Crippen LogP contribution in [0.4, 0.5) is 0 Å². The fraction of sp³-hybridized carbons (Fsp3) is 0.615. The Hall–Kier alpha value is -0.580. The lowest BCUT2D eigenvalue weighted by Gasteiger charge is -2.33. The first kappa shape index (κ1) is 15.5. The number of rotatable bonds is 5. The van der Waals surface area contributed by atoms with Gasteiger partial charge >= 0.3 is 5.97 Å². The molecule has 0 bridgehead atoms. The number of thiophene rings is 1. The monoisotopic (exact) mass is 289 g/mol. The van der Waals surface area contributed by atoms with E-state index in [1.54, 1.807) is 0 Å². The van der Waals surface area contributed by atoms with Gasteiger partial charge in [0.25, 0.3) is 0 Å². The van der Waals surface area contributed by atoms with E-state index in [-0.39, 0.29) is 12.4 Å². The second kappa shape index (κ2) is 7.12. The zero-order chi connectivity index (χ0) is 12.3. The Morgan fingerprint density at radius 3 is 3.06 bits per heavy atom. The molecule has 3 nitrogen and oxygen atoms in total. The zero-order valence-electron chi connectivity index (χ0n) is 10.6. The minimum absolute atomic E-state index is 0. The second-order valence-corrected chi connectivity index (χ2v) is 5.61. The summed E-state index contributed by atoms with van der Waals surface area (Å²) >= 11 is 1.86. The highest BCUT2D eigenvalue weighted by molar-refractivity contribution is 7.10. The Morgan fingerprint density at radius 1 is 1.56 bits per heavy atom. The maximum Gasteiger partial charge on any atom is 0.303 e. The van der Waals surface area contributed by atoms with Crippen LogP contribution in [0.25, 0.3) is 0 Å². The topological polar surface area (TPSA) is 40.5 Å². The number of carboxylic acid groups (broad SMARTS) is 1. The van der Waals surface area contributed by atoms with Gasteiger partial charge in [0.2, 0.25) is 0 Å². The molecule has 0 aliphatic carbocycles. The van der Waals surface area contributed by atoms with Crippen molar-refractivity contribution >= 4 is 29.7 Å². The Morgan fingerprint density at radius 2 is 2.33 bits per heavy atom. The van der Waals surface area contributed by atoms with Crippen molar-refractivity contribution in [2.24, 2.45) is 0 Å². The molecule has 1 N–H and O–H groups in total. The molecule has 0 spiro atoms. The van der Waals surface area contributed by atoms with E-state index in [2.05, 4.69) is 23.3 Å². The standard InChI is InChI=1S/C13H19NO2S.ClH/c1-10-11-6-9-17-12(11)5-8-14(10)7-3-2-4-13(15)16;/h6,9-10H,2-5,7-8H2,1H3,(H,15,16);1H. The molecule has 1 aliphatic heterocycles. The molecule has 5 heteroatoms. The van der Waals surface area contributed by atoms with Crippen molar-refractivity contribution in [3.8, 4) is 0 Å². The van der Waals surface area contributed by atoms with Gasteiger partial charge in [-0.05, 0) is 49.7 Å². The van der Waals surface area contributed by atoms with Gasteiger partial charge in [0.15, 0.2) is 0 Å². The summed E-state index contributed by atoms with van der Waals surface area (Å²) in [4.78, 5) is 14.4. The summed E-state index contributed by atoms with van der Waals surface area (Å²) in [7, 11) is 0. The first-order valence-corrected chi connectivity index (χ1v) is 7.08. The number of nitrogens with zero attached hydrogens (tertiary/aromatic N) is 1. The first-order valence-electron chi connectivity index (χ1n) is 6.20. The largest absolute Gasteiger partial charge is 0.481 e. The summed E-state index contributed by atoms with van der Waals surface area (Å²) in [5, 5.41) is 10.8. The summed E-state index contributed by atoms with van der Waals surface area (Å²) in [6, 6.07) is 2.73. The lowest BCUT2D eigenvalue weighted by atomic mass is 10.0. The molecule has 1 unspecified atom stereocenters. The van der Waals surface area contributed by atoms with Crippen LogP contribution < -0.4 is 0 Å². The van der Waals surface area contributed by atoms with Gasteiger partial charge in [-0.1, -0.05) is 0 Å². The van der Waals surface area contributed by atoms with Crippen molar-refractivity contribution in [3.63, 3.8) is 0 Å². The van der Waals surface area contributed by atoms with Gasteiger partial charge in [-0.2, -0.15) is 0 Å². The lowest BCUT2D eigenvalue weighted by molar-refractivity contribution is -0.137. The fourth-order valence-electron chi connectivity index (χ4n) is 2.46. The number of carbonyl (C=O) groups is 1. The number of unbranched alkanes of at least 4 members (excludes halogenated alkanes) is 1. The molecule has 1 aromatic rings. The van der Waals surface area contributed by atoms with Crippen molar-refractivity contribution < 1.29 is 9.90 Å². The smallest absolute Gasteiger partial charge is 0.303 e. The van der Waals surface area contributed by atoms with Gasteiger partial charge in [-0.15, -0.1) is 23.7 Å². The second-order valence-electron chi connectivity index (χ2n) is 4.61. The Bertz CT molecular complexity index is 394. The molecule has 2 heterocycles. The van der Waals surface area contributed by atoms with Crippen LogP contribution in [-0.4, -0.2) is 29.1 Å². The molecule has 0 amide bonds. The Labute approximate surface area is 118 Å². The summed E-state index contributed by atoms with van der Waals surface area (Å²) in [6.07, 6.45) is 3.22. The predicted molar refractivity (Wildman–Crippen MR) is 76.7 cm³/mol. The van der Waals surface area contributed by atoms with Crippen molar-refractivity contribution in [3.05, 3.63) is 21.9 Å². The summed E-state index contributed by atoms with van der Waals surface area (Å²) < 4.78 is 0. The molecule has 0 fully saturated rings. The highest BCUT2D eigenvalue weighted by Crippen LogP contribution is 2.32. The average molecular weight is 290 g/mol. The Kier molecular flexibility index (Phi) is 6.12. The van der Waals surface area contributed by atoms with E-state index in [4.69, 9.17) is 5.11 Å². The number of fused-ring (bicyclic) bond motifs is 1. The van der Waals surface area contributed by atoms with E-state index >= 15 is 0 Å². The molecule has 1 aliphatic rings. The van der Waals surface area contributed by atoms with Crippen molar-refractivity contribution in [2.75, 3.05) is 13.1 Å². The summed E-state index contributed by atoms with van der Waals surface area (Å²) in [5.41, 5.74) is 1.47. The van der Waals surface area contributed by atoms with Gasteiger partial charge in [-0.3, -0.25) is 9.69 Å². The van der Waals surface area contributed by atoms with Crippen LogP contribution in [0.5, 0.6) is 0 Å². The summed E-state index contributed by atoms with van der Waals surface area (Å²) in [5.74, 6) is -0.684. The lowest BCUT2D eigenvalue weighted by Crippen LogP contribution is -2.33. The van der Waals surface area contributed by atoms with Crippen LogP contribution in [0.15, 0.2) is 11.4 Å². The summed E-state index contributed by atoms with van der Waals surface area (Å²) in [6.45, 7) is 4.38. The minimum atomic E-state index is -0.684. The van der Waals surface area contributed by atoms with Gasteiger partial charge in [0.1, 0.15) is 0 Å². The number of hydrogen-bond acceptors (Lipinski definition) is 3. The quantitative estimate of drug-likeness (QED) is 0.845. The van der Waals surface area contributed by atoms with E-state index in [1.165, 1.54) is 10.4 Å². The van der Waals surface area contributed by atoms with Gasteiger partial charge in [0.05, 0.1) is 0 Å². The maximum absolute atomic E-state index is 10.4. The molecule has 0 saturated heterocycles. The zero-order valence-corrected chi connectivity index (χ0v) is 12.2. The third-order valence-corrected chi connectivity index (χ3v) is 4.49. The molecule has 1 atom stereocenters. The number of carboxylic acids is 1. The molecular formula is C13H20ClNO2S. The van der Waals surface area contributed by atoms with Gasteiger partial charge in [-0.25, -0.2) is 0 Å². The van der Waals surface area contributed by atoms with E-state index in [0.29, 0.717) is 12.5 Å². The molecular weight excluding hydrogens is 270 g/mol. The van der Waals surface area contributed by atoms with E-state index < -0.39 is 5.97 Å². The fourth-order valence-corrected chi connectivity index (χ4v) is 3.42. The van der Waals surface area contributed by atoms with E-state index in [9.17, 15) is 4.79 Å². The van der Waals surface area contributed by atoms with E-state index in [0.717, 1.165) is 32.4 Å². The average Bonchev–Trinajstić information content (AvgIpc) is 2.75. The van der Waals surface area contributed by atoms with Crippen LogP contribution in [0.2, 0.25) is 0 Å². The minimum Gasteiger partial charge on any atom is -0.481 e. The predicted octanol–water partition coefficient (Wildman–Crippen LogP) is 3.34. The molecule has 2 rings (SSSR count). The first-order chi connectivity index (χ1) is 8.18. The molecule has 0 saturated carbocycles. The van der Waals surface area contributed by atoms with E-state index in [1.807, 2.05) is 11.3 Å².